The van der Waals surface area contributed by atoms with Gasteiger partial charge in [0.2, 0.25) is 0 Å². The molecule has 0 aliphatic heterocycles. The summed E-state index contributed by atoms with van der Waals surface area (Å²) in [5.41, 5.74) is 2.45. The van der Waals surface area contributed by atoms with E-state index in [1.54, 1.807) is 0 Å². The van der Waals surface area contributed by atoms with Crippen molar-refractivity contribution in [1.29, 1.82) is 0 Å². The Hall–Kier alpha value is -1.90. The van der Waals surface area contributed by atoms with E-state index >= 15 is 0 Å². The van der Waals surface area contributed by atoms with Crippen LogP contribution in [-0.2, 0) is 0 Å². The monoisotopic (exact) mass is 256 g/mol. The fourth-order valence-electron chi connectivity index (χ4n) is 2.30. The fourth-order valence-corrected chi connectivity index (χ4v) is 2.30. The first kappa shape index (κ1) is 13.5. The molecule has 0 aliphatic rings. The summed E-state index contributed by atoms with van der Waals surface area (Å²) in [5, 5.41) is 0. The summed E-state index contributed by atoms with van der Waals surface area (Å²) in [6, 6.07) is 9.88. The number of benzene rings is 1. The number of nitrogens with zero attached hydrogens (tertiary/aromatic N) is 1. The van der Waals surface area contributed by atoms with Gasteiger partial charge in [-0.05, 0) is 19.8 Å². The lowest BCUT2D eigenvalue weighted by molar-refractivity contribution is 0.599. The number of hydrogen-bond donors (Lipinski definition) is 1. The molecule has 0 radical (unpaired) electrons. The van der Waals surface area contributed by atoms with Crippen LogP contribution < -0.4 is 5.56 Å². The van der Waals surface area contributed by atoms with E-state index in [0.717, 1.165) is 29.9 Å². The average molecular weight is 256 g/mol. The predicted octanol–water partition coefficient (Wildman–Crippen LogP) is 3.65. The molecule has 0 spiro atoms. The van der Waals surface area contributed by atoms with E-state index in [-0.39, 0.29) is 5.56 Å². The van der Waals surface area contributed by atoms with Crippen molar-refractivity contribution in [3.05, 3.63) is 52.1 Å². The second-order valence-electron chi connectivity index (χ2n) is 4.80. The van der Waals surface area contributed by atoms with Gasteiger partial charge in [-0.3, -0.25) is 4.79 Å². The first-order valence-corrected chi connectivity index (χ1v) is 6.83. The molecule has 0 saturated carbocycles. The third-order valence-corrected chi connectivity index (χ3v) is 3.59. The van der Waals surface area contributed by atoms with Crippen LogP contribution in [-0.4, -0.2) is 9.97 Å². The van der Waals surface area contributed by atoms with Gasteiger partial charge in [0.05, 0.1) is 5.69 Å². The van der Waals surface area contributed by atoms with Gasteiger partial charge >= 0.3 is 0 Å². The van der Waals surface area contributed by atoms with Crippen LogP contribution in [0.4, 0.5) is 0 Å². The molecule has 2 aromatic rings. The molecule has 0 fully saturated rings. The van der Waals surface area contributed by atoms with Crippen molar-refractivity contribution in [3.8, 4) is 11.3 Å². The van der Waals surface area contributed by atoms with Crippen molar-refractivity contribution in [3.63, 3.8) is 0 Å². The number of H-pyrrole nitrogens is 1. The number of nitrogens with one attached hydrogen (secondary N) is 1. The topological polar surface area (TPSA) is 45.8 Å². The largest absolute Gasteiger partial charge is 0.310 e. The van der Waals surface area contributed by atoms with E-state index < -0.39 is 0 Å². The summed E-state index contributed by atoms with van der Waals surface area (Å²) in [6.45, 7) is 6.07. The smallest absolute Gasteiger partial charge is 0.254 e. The highest BCUT2D eigenvalue weighted by atomic mass is 16.1. The van der Waals surface area contributed by atoms with Gasteiger partial charge in [-0.2, -0.15) is 0 Å². The Balaban J connectivity index is 2.58. The lowest BCUT2D eigenvalue weighted by Gasteiger charge is -2.14. The van der Waals surface area contributed by atoms with Crippen LogP contribution in [0.2, 0.25) is 0 Å². The Morgan fingerprint density at radius 3 is 2.37 bits per heavy atom. The molecule has 0 saturated heterocycles. The van der Waals surface area contributed by atoms with Crippen molar-refractivity contribution in [2.75, 3.05) is 0 Å². The van der Waals surface area contributed by atoms with Crippen LogP contribution in [0.3, 0.4) is 0 Å². The minimum atomic E-state index is -0.0317. The molecular formula is C16H20N2O. The highest BCUT2D eigenvalue weighted by Crippen LogP contribution is 2.23. The molecule has 0 aliphatic carbocycles. The third-order valence-electron chi connectivity index (χ3n) is 3.59. The van der Waals surface area contributed by atoms with E-state index in [4.69, 9.17) is 0 Å². The Morgan fingerprint density at radius 2 is 1.79 bits per heavy atom. The number of hydrogen-bond acceptors (Lipinski definition) is 2. The Morgan fingerprint density at radius 1 is 1.16 bits per heavy atom. The molecule has 0 bridgehead atoms. The molecule has 1 heterocycles. The van der Waals surface area contributed by atoms with Crippen LogP contribution in [0, 0.1) is 6.92 Å². The number of aromatic nitrogens is 2. The maximum Gasteiger partial charge on any atom is 0.254 e. The number of rotatable bonds is 4. The molecule has 0 unspecified atom stereocenters. The van der Waals surface area contributed by atoms with Gasteiger partial charge in [-0.25, -0.2) is 4.98 Å². The SMILES string of the molecule is CCC(CC)c1nc(-c2ccccc2)c(C)c(=O)[nH]1. The highest BCUT2D eigenvalue weighted by molar-refractivity contribution is 5.62. The minimum absolute atomic E-state index is 0.0317. The maximum atomic E-state index is 12.1. The van der Waals surface area contributed by atoms with E-state index in [2.05, 4.69) is 23.8 Å². The normalized spacial score (nSPS) is 10.9. The number of aromatic amines is 1. The minimum Gasteiger partial charge on any atom is -0.310 e. The van der Waals surface area contributed by atoms with Gasteiger partial charge in [0, 0.05) is 17.0 Å². The van der Waals surface area contributed by atoms with Gasteiger partial charge < -0.3 is 4.98 Å². The maximum absolute atomic E-state index is 12.1. The Bertz CT molecular complexity index is 598. The first-order valence-electron chi connectivity index (χ1n) is 6.83. The predicted molar refractivity (Wildman–Crippen MR) is 78.4 cm³/mol. The lowest BCUT2D eigenvalue weighted by Crippen LogP contribution is -2.18. The van der Waals surface area contributed by atoms with Gasteiger partial charge in [0.25, 0.3) is 5.56 Å². The van der Waals surface area contributed by atoms with Gasteiger partial charge in [0.1, 0.15) is 5.82 Å². The van der Waals surface area contributed by atoms with Gasteiger partial charge in [-0.1, -0.05) is 44.2 Å². The summed E-state index contributed by atoms with van der Waals surface area (Å²) < 4.78 is 0. The molecule has 3 nitrogen and oxygen atoms in total. The second kappa shape index (κ2) is 5.83. The molecule has 3 heteroatoms. The quantitative estimate of drug-likeness (QED) is 0.907. The Kier molecular flexibility index (Phi) is 4.15. The van der Waals surface area contributed by atoms with Crippen molar-refractivity contribution in [2.24, 2.45) is 0 Å². The zero-order valence-corrected chi connectivity index (χ0v) is 11.7. The molecule has 1 aromatic carbocycles. The third kappa shape index (κ3) is 2.75. The molecule has 1 N–H and O–H groups in total. The summed E-state index contributed by atoms with van der Waals surface area (Å²) in [6.07, 6.45) is 1.97. The van der Waals surface area contributed by atoms with Gasteiger partial charge in [0.15, 0.2) is 0 Å². The average Bonchev–Trinajstić information content (AvgIpc) is 2.44. The van der Waals surface area contributed by atoms with Crippen LogP contribution >= 0.6 is 0 Å². The van der Waals surface area contributed by atoms with Crippen LogP contribution in [0.5, 0.6) is 0 Å². The van der Waals surface area contributed by atoms with Crippen molar-refractivity contribution in [2.45, 2.75) is 39.5 Å². The summed E-state index contributed by atoms with van der Waals surface area (Å²) in [7, 11) is 0. The Labute approximate surface area is 113 Å². The molecule has 0 atom stereocenters. The van der Waals surface area contributed by atoms with Gasteiger partial charge in [-0.15, -0.1) is 0 Å². The van der Waals surface area contributed by atoms with E-state index in [0.29, 0.717) is 11.5 Å². The zero-order chi connectivity index (χ0) is 13.8. The van der Waals surface area contributed by atoms with Crippen molar-refractivity contribution < 1.29 is 0 Å². The molecule has 100 valence electrons. The van der Waals surface area contributed by atoms with Crippen LogP contribution in [0.25, 0.3) is 11.3 Å². The van der Waals surface area contributed by atoms with Crippen LogP contribution in [0.15, 0.2) is 35.1 Å². The second-order valence-corrected chi connectivity index (χ2v) is 4.80. The highest BCUT2D eigenvalue weighted by Gasteiger charge is 2.14. The standard InChI is InChI=1S/C16H20N2O/c1-4-12(5-2)15-17-14(11(3)16(19)18-15)13-9-7-6-8-10-13/h6-10,12H,4-5H2,1-3H3,(H,17,18,19). The molecule has 1 aromatic heterocycles. The summed E-state index contributed by atoms with van der Waals surface area (Å²) in [5.74, 6) is 1.12. The van der Waals surface area contributed by atoms with E-state index in [9.17, 15) is 4.79 Å². The summed E-state index contributed by atoms with van der Waals surface area (Å²) in [4.78, 5) is 19.7. The summed E-state index contributed by atoms with van der Waals surface area (Å²) >= 11 is 0. The van der Waals surface area contributed by atoms with Crippen molar-refractivity contribution in [1.82, 2.24) is 9.97 Å². The van der Waals surface area contributed by atoms with Crippen molar-refractivity contribution >= 4 is 0 Å². The van der Waals surface area contributed by atoms with E-state index in [1.807, 2.05) is 37.3 Å². The molecule has 0 amide bonds. The van der Waals surface area contributed by atoms with E-state index in [1.165, 1.54) is 0 Å². The molecule has 19 heavy (non-hydrogen) atoms. The fraction of sp³-hybridized carbons (Fsp3) is 0.375. The molecule has 2 rings (SSSR count). The first-order chi connectivity index (χ1) is 9.17. The van der Waals surface area contributed by atoms with Crippen LogP contribution in [0.1, 0.15) is 44.0 Å². The molecular weight excluding hydrogens is 236 g/mol. The zero-order valence-electron chi connectivity index (χ0n) is 11.7. The lowest BCUT2D eigenvalue weighted by atomic mass is 10.0.